The van der Waals surface area contributed by atoms with Crippen LogP contribution >= 0.6 is 0 Å². The van der Waals surface area contributed by atoms with Gasteiger partial charge in [-0.05, 0) is 31.2 Å². The molecule has 2 aromatic rings. The quantitative estimate of drug-likeness (QED) is 0.794. The summed E-state index contributed by atoms with van der Waals surface area (Å²) in [5.41, 5.74) is 8.49. The third kappa shape index (κ3) is 3.01. The van der Waals surface area contributed by atoms with Gasteiger partial charge in [0.05, 0.1) is 12.8 Å². The van der Waals surface area contributed by atoms with Gasteiger partial charge in [0.15, 0.2) is 23.7 Å². The first-order valence-corrected chi connectivity index (χ1v) is 7.05. The van der Waals surface area contributed by atoms with Crippen LogP contribution in [0.4, 0.5) is 0 Å². The number of methoxy groups -OCH3 is 1. The first kappa shape index (κ1) is 15.8. The maximum Gasteiger partial charge on any atom is 0.255 e. The average molecular weight is 332 g/mol. The van der Waals surface area contributed by atoms with Crippen molar-refractivity contribution < 1.29 is 23.5 Å². The smallest absolute Gasteiger partial charge is 0.255 e. The predicted molar refractivity (Wildman–Crippen MR) is 81.5 cm³/mol. The molecule has 3 N–H and O–H groups in total. The van der Waals surface area contributed by atoms with Gasteiger partial charge in [0.2, 0.25) is 6.39 Å². The Morgan fingerprint density at radius 3 is 2.92 bits per heavy atom. The molecule has 0 bridgehead atoms. The van der Waals surface area contributed by atoms with Gasteiger partial charge in [-0.2, -0.15) is 0 Å². The molecule has 126 valence electrons. The van der Waals surface area contributed by atoms with E-state index in [1.807, 2.05) is 6.07 Å². The van der Waals surface area contributed by atoms with Crippen molar-refractivity contribution in [3.63, 3.8) is 0 Å². The fourth-order valence-electron chi connectivity index (χ4n) is 2.24. The minimum absolute atomic E-state index is 0.248. The summed E-state index contributed by atoms with van der Waals surface area (Å²) in [6.45, 7) is 1.54. The van der Waals surface area contributed by atoms with Gasteiger partial charge in [0.25, 0.3) is 11.8 Å². The molecule has 0 spiro atoms. The molecule has 0 aliphatic carbocycles. The molecule has 1 atom stereocenters. The second-order valence-corrected chi connectivity index (χ2v) is 5.23. The SMILES string of the molecule is COc1ccc(C2=CC(C)(c3nnco3)ON2)cc1OCC(N)=O. The molecule has 1 unspecified atom stereocenters. The zero-order valence-corrected chi connectivity index (χ0v) is 13.1. The van der Waals surface area contributed by atoms with E-state index in [0.717, 1.165) is 5.56 Å². The van der Waals surface area contributed by atoms with Crippen LogP contribution in [0.3, 0.4) is 0 Å². The summed E-state index contributed by atoms with van der Waals surface area (Å²) in [6.07, 6.45) is 3.04. The number of nitrogens with zero attached hydrogens (tertiary/aromatic N) is 2. The van der Waals surface area contributed by atoms with Crippen LogP contribution in [0.2, 0.25) is 0 Å². The Kier molecular flexibility index (Phi) is 4.09. The lowest BCUT2D eigenvalue weighted by Gasteiger charge is -2.14. The number of nitrogens with two attached hydrogens (primary N) is 1. The third-order valence-corrected chi connectivity index (χ3v) is 3.42. The topological polar surface area (TPSA) is 122 Å². The molecular formula is C15H16N4O5. The van der Waals surface area contributed by atoms with Gasteiger partial charge in [-0.25, -0.2) is 0 Å². The van der Waals surface area contributed by atoms with Gasteiger partial charge in [0.1, 0.15) is 0 Å². The van der Waals surface area contributed by atoms with Crippen LogP contribution < -0.4 is 20.7 Å². The molecule has 1 amide bonds. The van der Waals surface area contributed by atoms with Crippen molar-refractivity contribution in [2.75, 3.05) is 13.7 Å². The summed E-state index contributed by atoms with van der Waals surface area (Å²) in [5.74, 6) is 0.624. The van der Waals surface area contributed by atoms with Crippen molar-refractivity contribution >= 4 is 11.6 Å². The molecule has 0 saturated heterocycles. The molecule has 2 heterocycles. The summed E-state index contributed by atoms with van der Waals surface area (Å²) in [4.78, 5) is 16.5. The number of amides is 1. The van der Waals surface area contributed by atoms with E-state index in [2.05, 4.69) is 15.7 Å². The second-order valence-electron chi connectivity index (χ2n) is 5.23. The summed E-state index contributed by atoms with van der Waals surface area (Å²) >= 11 is 0. The van der Waals surface area contributed by atoms with Crippen molar-refractivity contribution in [2.24, 2.45) is 5.73 Å². The van der Waals surface area contributed by atoms with Crippen molar-refractivity contribution in [3.05, 3.63) is 42.1 Å². The van der Waals surface area contributed by atoms with E-state index >= 15 is 0 Å². The Morgan fingerprint density at radius 1 is 1.42 bits per heavy atom. The molecule has 1 aromatic carbocycles. The number of rotatable bonds is 6. The van der Waals surface area contributed by atoms with Gasteiger partial charge in [-0.15, -0.1) is 10.2 Å². The zero-order valence-electron chi connectivity index (χ0n) is 13.1. The van der Waals surface area contributed by atoms with Gasteiger partial charge < -0.3 is 19.6 Å². The van der Waals surface area contributed by atoms with E-state index in [-0.39, 0.29) is 6.61 Å². The fourth-order valence-corrected chi connectivity index (χ4v) is 2.24. The number of carbonyl (C=O) groups is 1. The highest BCUT2D eigenvalue weighted by Crippen LogP contribution is 2.36. The van der Waals surface area contributed by atoms with Gasteiger partial charge in [0, 0.05) is 5.56 Å². The number of benzene rings is 1. The van der Waals surface area contributed by atoms with Gasteiger partial charge >= 0.3 is 0 Å². The number of primary amides is 1. The zero-order chi connectivity index (χ0) is 17.2. The molecule has 9 heteroatoms. The third-order valence-electron chi connectivity index (χ3n) is 3.42. The molecular weight excluding hydrogens is 316 g/mol. The largest absolute Gasteiger partial charge is 0.493 e. The molecule has 3 rings (SSSR count). The van der Waals surface area contributed by atoms with E-state index in [4.69, 9.17) is 24.5 Å². The van der Waals surface area contributed by atoms with Crippen molar-refractivity contribution in [3.8, 4) is 11.5 Å². The van der Waals surface area contributed by atoms with Crippen molar-refractivity contribution in [1.29, 1.82) is 0 Å². The number of aromatic nitrogens is 2. The van der Waals surface area contributed by atoms with Crippen LogP contribution in [-0.4, -0.2) is 29.8 Å². The summed E-state index contributed by atoms with van der Waals surface area (Å²) < 4.78 is 15.8. The first-order chi connectivity index (χ1) is 11.5. The minimum Gasteiger partial charge on any atom is -0.493 e. The summed E-state index contributed by atoms with van der Waals surface area (Å²) in [6, 6.07) is 5.25. The lowest BCUT2D eigenvalue weighted by Crippen LogP contribution is -2.23. The Labute approximate surface area is 137 Å². The van der Waals surface area contributed by atoms with Crippen LogP contribution in [0.25, 0.3) is 5.70 Å². The number of carbonyl (C=O) groups excluding carboxylic acids is 1. The van der Waals surface area contributed by atoms with Crippen molar-refractivity contribution in [2.45, 2.75) is 12.5 Å². The molecule has 9 nitrogen and oxygen atoms in total. The Morgan fingerprint density at radius 2 is 2.25 bits per heavy atom. The van der Waals surface area contributed by atoms with Crippen LogP contribution in [0.5, 0.6) is 11.5 Å². The Hall–Kier alpha value is -3.07. The molecule has 1 aliphatic heterocycles. The fraction of sp³-hybridized carbons (Fsp3) is 0.267. The van der Waals surface area contributed by atoms with E-state index in [1.54, 1.807) is 25.1 Å². The van der Waals surface area contributed by atoms with E-state index < -0.39 is 11.5 Å². The number of ether oxygens (including phenoxy) is 2. The predicted octanol–water partition coefficient (Wildman–Crippen LogP) is 0.733. The standard InChI is InChI=1S/C15H16N4O5/c1-15(14-18-17-8-23-14)6-10(19-24-15)9-3-4-11(21-2)12(5-9)22-7-13(16)20/h3-6,8,19H,7H2,1-2H3,(H2,16,20). The van der Waals surface area contributed by atoms with Gasteiger partial charge in [-0.3, -0.25) is 15.1 Å². The number of nitrogens with one attached hydrogen (secondary N) is 1. The maximum atomic E-state index is 10.9. The minimum atomic E-state index is -0.889. The van der Waals surface area contributed by atoms with Crippen molar-refractivity contribution in [1.82, 2.24) is 15.7 Å². The summed E-state index contributed by atoms with van der Waals surface area (Å²) in [5, 5.41) is 7.52. The maximum absolute atomic E-state index is 10.9. The van der Waals surface area contributed by atoms with Crippen LogP contribution in [0.15, 0.2) is 35.1 Å². The summed E-state index contributed by atoms with van der Waals surface area (Å²) in [7, 11) is 1.51. The normalized spacial score (nSPS) is 19.5. The molecule has 0 saturated carbocycles. The van der Waals surface area contributed by atoms with E-state index in [9.17, 15) is 4.79 Å². The highest BCUT2D eigenvalue weighted by atomic mass is 16.7. The number of hydroxylamine groups is 1. The lowest BCUT2D eigenvalue weighted by molar-refractivity contribution is -0.119. The number of hydrogen-bond acceptors (Lipinski definition) is 8. The van der Waals surface area contributed by atoms with Crippen LogP contribution in [0.1, 0.15) is 18.4 Å². The highest BCUT2D eigenvalue weighted by molar-refractivity contribution is 5.75. The Bertz CT molecular complexity index is 774. The first-order valence-electron chi connectivity index (χ1n) is 7.05. The lowest BCUT2D eigenvalue weighted by atomic mass is 10.0. The van der Waals surface area contributed by atoms with Crippen LogP contribution in [0, 0.1) is 0 Å². The monoisotopic (exact) mass is 332 g/mol. The molecule has 0 fully saturated rings. The molecule has 24 heavy (non-hydrogen) atoms. The van der Waals surface area contributed by atoms with Crippen LogP contribution in [-0.2, 0) is 15.2 Å². The molecule has 1 aromatic heterocycles. The second kappa shape index (κ2) is 6.20. The average Bonchev–Trinajstić information content (AvgIpc) is 3.23. The van der Waals surface area contributed by atoms with E-state index in [0.29, 0.717) is 23.1 Å². The molecule has 0 radical (unpaired) electrons. The number of hydrogen-bond donors (Lipinski definition) is 2. The van der Waals surface area contributed by atoms with E-state index in [1.165, 1.54) is 13.5 Å². The highest BCUT2D eigenvalue weighted by Gasteiger charge is 2.37. The Balaban J connectivity index is 1.89. The van der Waals surface area contributed by atoms with Gasteiger partial charge in [-0.1, -0.05) is 0 Å². The molecule has 1 aliphatic rings.